The average molecular weight is 237 g/mol. The number of anilines is 1. The third-order valence-electron chi connectivity index (χ3n) is 3.19. The molecular weight excluding hydrogens is 222 g/mol. The second-order valence-electron chi connectivity index (χ2n) is 4.38. The predicted molar refractivity (Wildman–Crippen MR) is 63.9 cm³/mol. The number of hydrogen-bond donors (Lipinski definition) is 1. The minimum Gasteiger partial charge on any atom is -0.383 e. The van der Waals surface area contributed by atoms with Gasteiger partial charge in [0, 0.05) is 24.2 Å². The van der Waals surface area contributed by atoms with E-state index < -0.39 is 0 Å². The summed E-state index contributed by atoms with van der Waals surface area (Å²) in [4.78, 5) is 9.02. The maximum atomic E-state index is 5.97. The number of aromatic nitrogens is 2. The Labute approximate surface area is 99.0 Å². The Morgan fingerprint density at radius 3 is 2.88 bits per heavy atom. The van der Waals surface area contributed by atoms with Crippen molar-refractivity contribution in [3.8, 4) is 0 Å². The molecule has 1 atom stereocenters. The van der Waals surface area contributed by atoms with Crippen LogP contribution in [0.25, 0.3) is 0 Å². The standard InChI is InChI=1S/C11H15N3OS/c1-15-9(6-2-3-6)11-13-8-5-16-4-7(8)10(12)14-11/h6,9H,2-5H2,1H3,(H2,12,13,14). The van der Waals surface area contributed by atoms with Gasteiger partial charge in [-0.15, -0.1) is 0 Å². The second kappa shape index (κ2) is 3.89. The molecule has 3 rings (SSSR count). The van der Waals surface area contributed by atoms with Gasteiger partial charge in [0.2, 0.25) is 0 Å². The van der Waals surface area contributed by atoms with Crippen LogP contribution in [0.15, 0.2) is 0 Å². The molecule has 1 aromatic rings. The van der Waals surface area contributed by atoms with E-state index in [0.29, 0.717) is 11.7 Å². The number of hydrogen-bond acceptors (Lipinski definition) is 5. The number of methoxy groups -OCH3 is 1. The summed E-state index contributed by atoms with van der Waals surface area (Å²) >= 11 is 1.85. The summed E-state index contributed by atoms with van der Waals surface area (Å²) in [6.45, 7) is 0. The molecule has 0 radical (unpaired) electrons. The lowest BCUT2D eigenvalue weighted by Crippen LogP contribution is -2.12. The topological polar surface area (TPSA) is 61.0 Å². The maximum Gasteiger partial charge on any atom is 0.160 e. The number of ether oxygens (including phenoxy) is 1. The van der Waals surface area contributed by atoms with Gasteiger partial charge in [-0.2, -0.15) is 11.8 Å². The Morgan fingerprint density at radius 2 is 2.19 bits per heavy atom. The third kappa shape index (κ3) is 1.68. The van der Waals surface area contributed by atoms with Crippen LogP contribution in [0.5, 0.6) is 0 Å². The Bertz CT molecular complexity index is 420. The first-order valence-electron chi connectivity index (χ1n) is 5.55. The molecule has 1 unspecified atom stereocenters. The quantitative estimate of drug-likeness (QED) is 0.870. The number of nitrogen functional groups attached to an aromatic ring is 1. The summed E-state index contributed by atoms with van der Waals surface area (Å²) in [5, 5.41) is 0. The van der Waals surface area contributed by atoms with Gasteiger partial charge in [-0.05, 0) is 18.8 Å². The van der Waals surface area contributed by atoms with E-state index in [1.54, 1.807) is 7.11 Å². The molecule has 4 nitrogen and oxygen atoms in total. The lowest BCUT2D eigenvalue weighted by molar-refractivity contribution is 0.0771. The van der Waals surface area contributed by atoms with Crippen LogP contribution in [0, 0.1) is 5.92 Å². The Balaban J connectivity index is 1.98. The average Bonchev–Trinajstić information content (AvgIpc) is 2.96. The Kier molecular flexibility index (Phi) is 2.52. The van der Waals surface area contributed by atoms with Crippen molar-refractivity contribution in [2.24, 2.45) is 5.92 Å². The first-order valence-corrected chi connectivity index (χ1v) is 6.70. The molecule has 0 aromatic carbocycles. The van der Waals surface area contributed by atoms with Gasteiger partial charge >= 0.3 is 0 Å². The van der Waals surface area contributed by atoms with Gasteiger partial charge in [-0.1, -0.05) is 0 Å². The summed E-state index contributed by atoms with van der Waals surface area (Å²) in [7, 11) is 1.73. The fourth-order valence-electron chi connectivity index (χ4n) is 2.13. The van der Waals surface area contributed by atoms with Crippen LogP contribution in [0.1, 0.15) is 36.0 Å². The van der Waals surface area contributed by atoms with Crippen molar-refractivity contribution in [1.29, 1.82) is 0 Å². The fourth-order valence-corrected chi connectivity index (χ4v) is 3.18. The number of fused-ring (bicyclic) bond motifs is 1. The molecule has 1 fully saturated rings. The molecular formula is C11H15N3OS. The van der Waals surface area contributed by atoms with Gasteiger partial charge in [-0.25, -0.2) is 9.97 Å². The van der Waals surface area contributed by atoms with Crippen LogP contribution < -0.4 is 5.73 Å². The zero-order valence-corrected chi connectivity index (χ0v) is 10.1. The zero-order chi connectivity index (χ0) is 11.1. The SMILES string of the molecule is COC(c1nc(N)c2c(n1)CSC2)C1CC1. The van der Waals surface area contributed by atoms with E-state index >= 15 is 0 Å². The summed E-state index contributed by atoms with van der Waals surface area (Å²) in [5.41, 5.74) is 8.20. The summed E-state index contributed by atoms with van der Waals surface area (Å²) in [6, 6.07) is 0. The second-order valence-corrected chi connectivity index (χ2v) is 5.36. The van der Waals surface area contributed by atoms with E-state index in [9.17, 15) is 0 Å². The molecule has 0 saturated heterocycles. The Morgan fingerprint density at radius 1 is 1.38 bits per heavy atom. The first kappa shape index (κ1) is 10.4. The molecule has 2 heterocycles. The van der Waals surface area contributed by atoms with Crippen molar-refractivity contribution in [3.63, 3.8) is 0 Å². The number of nitrogens with two attached hydrogens (primary N) is 1. The molecule has 86 valence electrons. The zero-order valence-electron chi connectivity index (χ0n) is 9.27. The fraction of sp³-hybridized carbons (Fsp3) is 0.636. The molecule has 2 aliphatic rings. The molecule has 0 bridgehead atoms. The van der Waals surface area contributed by atoms with E-state index in [-0.39, 0.29) is 6.10 Å². The minimum atomic E-state index is 0.0400. The predicted octanol–water partition coefficient (Wildman–Crippen LogP) is 1.90. The van der Waals surface area contributed by atoms with Gasteiger partial charge in [0.25, 0.3) is 0 Å². The molecule has 0 amide bonds. The van der Waals surface area contributed by atoms with Crippen LogP contribution in [0.2, 0.25) is 0 Å². The van der Waals surface area contributed by atoms with Gasteiger partial charge in [0.1, 0.15) is 11.9 Å². The van der Waals surface area contributed by atoms with E-state index in [0.717, 1.165) is 28.6 Å². The van der Waals surface area contributed by atoms with E-state index in [1.807, 2.05) is 11.8 Å². The van der Waals surface area contributed by atoms with Crippen LogP contribution in [0.4, 0.5) is 5.82 Å². The van der Waals surface area contributed by atoms with Gasteiger partial charge in [0.05, 0.1) is 5.69 Å². The smallest absolute Gasteiger partial charge is 0.160 e. The lowest BCUT2D eigenvalue weighted by Gasteiger charge is -2.14. The number of rotatable bonds is 3. The van der Waals surface area contributed by atoms with Gasteiger partial charge < -0.3 is 10.5 Å². The molecule has 5 heteroatoms. The highest BCUT2D eigenvalue weighted by atomic mass is 32.2. The number of nitrogens with zero attached hydrogens (tertiary/aromatic N) is 2. The van der Waals surface area contributed by atoms with Gasteiger partial charge in [-0.3, -0.25) is 0 Å². The largest absolute Gasteiger partial charge is 0.383 e. The van der Waals surface area contributed by atoms with E-state index in [2.05, 4.69) is 9.97 Å². The molecule has 1 aromatic heterocycles. The molecule has 1 aliphatic heterocycles. The van der Waals surface area contributed by atoms with Crippen molar-refractivity contribution in [3.05, 3.63) is 17.1 Å². The van der Waals surface area contributed by atoms with Crippen molar-refractivity contribution in [2.75, 3.05) is 12.8 Å². The molecule has 2 N–H and O–H groups in total. The Hall–Kier alpha value is -0.810. The van der Waals surface area contributed by atoms with Crippen LogP contribution >= 0.6 is 11.8 Å². The monoisotopic (exact) mass is 237 g/mol. The van der Waals surface area contributed by atoms with Gasteiger partial charge in [0.15, 0.2) is 5.82 Å². The highest BCUT2D eigenvalue weighted by Crippen LogP contribution is 2.43. The van der Waals surface area contributed by atoms with Crippen molar-refractivity contribution >= 4 is 17.6 Å². The minimum absolute atomic E-state index is 0.0400. The summed E-state index contributed by atoms with van der Waals surface area (Å²) in [5.74, 6) is 3.92. The summed E-state index contributed by atoms with van der Waals surface area (Å²) < 4.78 is 5.49. The van der Waals surface area contributed by atoms with Crippen molar-refractivity contribution in [1.82, 2.24) is 9.97 Å². The van der Waals surface area contributed by atoms with Crippen LogP contribution in [0.3, 0.4) is 0 Å². The highest BCUT2D eigenvalue weighted by Gasteiger charge is 2.35. The first-order chi connectivity index (χ1) is 7.79. The summed E-state index contributed by atoms with van der Waals surface area (Å²) in [6.07, 6.45) is 2.47. The molecule has 16 heavy (non-hydrogen) atoms. The van der Waals surface area contributed by atoms with E-state index in [1.165, 1.54) is 12.8 Å². The number of thioether (sulfide) groups is 1. The normalized spacial score (nSPS) is 20.8. The molecule has 0 spiro atoms. The third-order valence-corrected chi connectivity index (χ3v) is 4.16. The van der Waals surface area contributed by atoms with Crippen molar-refractivity contribution in [2.45, 2.75) is 30.5 Å². The molecule has 1 aliphatic carbocycles. The van der Waals surface area contributed by atoms with E-state index in [4.69, 9.17) is 10.5 Å². The molecule has 1 saturated carbocycles. The maximum absolute atomic E-state index is 5.97. The van der Waals surface area contributed by atoms with Crippen LogP contribution in [-0.4, -0.2) is 17.1 Å². The van der Waals surface area contributed by atoms with Crippen LogP contribution in [-0.2, 0) is 16.2 Å². The lowest BCUT2D eigenvalue weighted by atomic mass is 10.2. The highest BCUT2D eigenvalue weighted by molar-refractivity contribution is 7.98. The van der Waals surface area contributed by atoms with Crippen molar-refractivity contribution < 1.29 is 4.74 Å².